The fraction of sp³-hybridized carbons (Fsp3) is 0.192. The number of hydrogen-bond acceptors (Lipinski definition) is 3. The van der Waals surface area contributed by atoms with Gasteiger partial charge in [0, 0.05) is 17.7 Å². The zero-order valence-corrected chi connectivity index (χ0v) is 19.8. The van der Waals surface area contributed by atoms with Crippen LogP contribution in [0.5, 0.6) is 0 Å². The molecule has 0 aliphatic rings. The molecule has 4 rings (SSSR count). The van der Waals surface area contributed by atoms with E-state index in [9.17, 15) is 9.90 Å². The van der Waals surface area contributed by atoms with Gasteiger partial charge in [0.15, 0.2) is 5.65 Å². The number of aryl methyl sites for hydroxylation is 3. The highest BCUT2D eigenvalue weighted by Gasteiger charge is 2.17. The van der Waals surface area contributed by atoms with Crippen LogP contribution in [0.4, 0.5) is 0 Å². The van der Waals surface area contributed by atoms with Crippen molar-refractivity contribution in [1.82, 2.24) is 14.5 Å². The molecular formula is C26H24BrN3O2. The van der Waals surface area contributed by atoms with Gasteiger partial charge in [-0.15, -0.1) is 0 Å². The van der Waals surface area contributed by atoms with E-state index in [0.717, 1.165) is 51.4 Å². The Labute approximate surface area is 195 Å². The molecule has 0 saturated carbocycles. The molecular weight excluding hydrogens is 466 g/mol. The highest BCUT2D eigenvalue weighted by Crippen LogP contribution is 2.30. The lowest BCUT2D eigenvalue weighted by atomic mass is 9.96. The number of pyridine rings is 1. The minimum Gasteiger partial charge on any atom is -0.477 e. The molecule has 0 unspecified atom stereocenters. The fourth-order valence-corrected chi connectivity index (χ4v) is 4.43. The first-order valence-corrected chi connectivity index (χ1v) is 11.3. The molecule has 0 fully saturated rings. The molecule has 0 radical (unpaired) electrons. The van der Waals surface area contributed by atoms with Crippen molar-refractivity contribution in [2.45, 2.75) is 33.7 Å². The van der Waals surface area contributed by atoms with E-state index in [1.54, 1.807) is 0 Å². The van der Waals surface area contributed by atoms with Gasteiger partial charge >= 0.3 is 5.97 Å². The maximum Gasteiger partial charge on any atom is 0.343 e. The lowest BCUT2D eigenvalue weighted by Crippen LogP contribution is -2.06. The smallest absolute Gasteiger partial charge is 0.343 e. The predicted molar refractivity (Wildman–Crippen MR) is 131 cm³/mol. The van der Waals surface area contributed by atoms with Gasteiger partial charge in [0.25, 0.3) is 0 Å². The number of hydrogen-bond donors (Lipinski definition) is 1. The van der Waals surface area contributed by atoms with Gasteiger partial charge in [-0.1, -0.05) is 61.5 Å². The highest BCUT2D eigenvalue weighted by molar-refractivity contribution is 9.12. The highest BCUT2D eigenvalue weighted by atomic mass is 79.9. The van der Waals surface area contributed by atoms with Crippen LogP contribution in [-0.2, 0) is 17.8 Å². The predicted octanol–water partition coefficient (Wildman–Crippen LogP) is 5.90. The van der Waals surface area contributed by atoms with Crippen molar-refractivity contribution in [1.29, 1.82) is 0 Å². The molecule has 4 aromatic rings. The minimum absolute atomic E-state index is 0.139. The van der Waals surface area contributed by atoms with E-state index in [0.29, 0.717) is 12.1 Å². The second kappa shape index (κ2) is 9.09. The lowest BCUT2D eigenvalue weighted by molar-refractivity contribution is -0.131. The number of carboxylic acids is 1. The van der Waals surface area contributed by atoms with Crippen LogP contribution in [0.25, 0.3) is 16.7 Å². The third-order valence-corrected chi connectivity index (χ3v) is 6.21. The Morgan fingerprint density at radius 3 is 2.28 bits per heavy atom. The van der Waals surface area contributed by atoms with Crippen molar-refractivity contribution >= 4 is 38.6 Å². The van der Waals surface area contributed by atoms with Gasteiger partial charge < -0.3 is 9.67 Å². The molecule has 0 aliphatic heterocycles. The van der Waals surface area contributed by atoms with Gasteiger partial charge in [-0.2, -0.15) is 0 Å². The standard InChI is InChI=1S/C26H24BrN3O2/c1-4-21-29-24-16(2)14-17(3)28-25(24)30(21)15-18-10-12-20(13-11-18)22(23(27)26(31)32)19-8-6-5-7-9-19/h5-14H,4,15H2,1-3H3,(H,31,32). The largest absolute Gasteiger partial charge is 0.477 e. The first kappa shape index (κ1) is 22.0. The summed E-state index contributed by atoms with van der Waals surface area (Å²) in [5, 5.41) is 9.58. The molecule has 2 heterocycles. The quantitative estimate of drug-likeness (QED) is 0.342. The molecule has 6 heteroatoms. The van der Waals surface area contributed by atoms with Gasteiger partial charge in [0.2, 0.25) is 0 Å². The van der Waals surface area contributed by atoms with E-state index in [4.69, 9.17) is 9.97 Å². The number of aromatic nitrogens is 3. The molecule has 0 spiro atoms. The van der Waals surface area contributed by atoms with Crippen LogP contribution in [0.1, 0.15) is 40.7 Å². The Kier molecular flexibility index (Phi) is 6.24. The molecule has 32 heavy (non-hydrogen) atoms. The molecule has 1 N–H and O–H groups in total. The number of imidazole rings is 1. The number of benzene rings is 2. The number of aliphatic carboxylic acids is 1. The Balaban J connectivity index is 1.74. The number of rotatable bonds is 6. The molecule has 0 bridgehead atoms. The van der Waals surface area contributed by atoms with Crippen molar-refractivity contribution in [2.24, 2.45) is 0 Å². The summed E-state index contributed by atoms with van der Waals surface area (Å²) in [7, 11) is 0. The maximum absolute atomic E-state index is 11.7. The average molecular weight is 490 g/mol. The Hall–Kier alpha value is -3.25. The molecule has 0 aliphatic carbocycles. The van der Waals surface area contributed by atoms with Gasteiger partial charge in [-0.25, -0.2) is 14.8 Å². The first-order chi connectivity index (χ1) is 15.4. The van der Waals surface area contributed by atoms with Crippen molar-refractivity contribution in [3.8, 4) is 0 Å². The summed E-state index contributed by atoms with van der Waals surface area (Å²) in [6.07, 6.45) is 0.819. The summed E-state index contributed by atoms with van der Waals surface area (Å²) in [6.45, 7) is 6.83. The van der Waals surface area contributed by atoms with Crippen molar-refractivity contribution in [2.75, 3.05) is 0 Å². The Morgan fingerprint density at radius 1 is 1.00 bits per heavy atom. The summed E-state index contributed by atoms with van der Waals surface area (Å²) in [5.74, 6) is 0.00554. The molecule has 2 aromatic carbocycles. The van der Waals surface area contributed by atoms with E-state index in [-0.39, 0.29) is 4.48 Å². The summed E-state index contributed by atoms with van der Waals surface area (Å²) in [5.41, 5.74) is 7.40. The normalized spacial score (nSPS) is 12.1. The Bertz CT molecular complexity index is 1320. The SMILES string of the molecule is CCc1nc2c(C)cc(C)nc2n1Cc1ccc(C(=C(Br)C(=O)O)c2ccccc2)cc1. The van der Waals surface area contributed by atoms with Crippen molar-refractivity contribution in [3.05, 3.63) is 98.9 Å². The van der Waals surface area contributed by atoms with Crippen LogP contribution in [0.15, 0.2) is 65.1 Å². The van der Waals surface area contributed by atoms with E-state index in [1.165, 1.54) is 0 Å². The first-order valence-electron chi connectivity index (χ1n) is 10.5. The van der Waals surface area contributed by atoms with E-state index < -0.39 is 5.97 Å². The number of carboxylic acid groups (broad SMARTS) is 1. The molecule has 0 amide bonds. The van der Waals surface area contributed by atoms with Crippen molar-refractivity contribution in [3.63, 3.8) is 0 Å². The minimum atomic E-state index is -0.998. The monoisotopic (exact) mass is 489 g/mol. The molecule has 2 aromatic heterocycles. The second-order valence-electron chi connectivity index (χ2n) is 7.78. The third-order valence-electron chi connectivity index (χ3n) is 5.47. The number of fused-ring (bicyclic) bond motifs is 1. The Morgan fingerprint density at radius 2 is 1.66 bits per heavy atom. The fourth-order valence-electron chi connectivity index (χ4n) is 3.98. The van der Waals surface area contributed by atoms with Crippen LogP contribution in [0, 0.1) is 13.8 Å². The van der Waals surface area contributed by atoms with E-state index in [2.05, 4.69) is 40.4 Å². The van der Waals surface area contributed by atoms with Gasteiger partial charge in [-0.05, 0) is 58.1 Å². The number of nitrogens with zero attached hydrogens (tertiary/aromatic N) is 3. The topological polar surface area (TPSA) is 68.0 Å². The van der Waals surface area contributed by atoms with Gasteiger partial charge in [0.05, 0.1) is 6.54 Å². The maximum atomic E-state index is 11.7. The molecule has 0 atom stereocenters. The van der Waals surface area contributed by atoms with Crippen LogP contribution >= 0.6 is 15.9 Å². The van der Waals surface area contributed by atoms with Crippen LogP contribution in [0.2, 0.25) is 0 Å². The molecule has 162 valence electrons. The van der Waals surface area contributed by atoms with Gasteiger partial charge in [0.1, 0.15) is 15.8 Å². The van der Waals surface area contributed by atoms with Crippen LogP contribution in [0.3, 0.4) is 0 Å². The second-order valence-corrected chi connectivity index (χ2v) is 8.57. The zero-order chi connectivity index (χ0) is 22.8. The molecule has 5 nitrogen and oxygen atoms in total. The number of carbonyl (C=O) groups is 1. The van der Waals surface area contributed by atoms with E-state index in [1.807, 2.05) is 61.5 Å². The average Bonchev–Trinajstić information content (AvgIpc) is 3.13. The number of halogens is 1. The third kappa shape index (κ3) is 4.23. The zero-order valence-electron chi connectivity index (χ0n) is 18.3. The summed E-state index contributed by atoms with van der Waals surface area (Å²) in [6, 6.07) is 19.6. The van der Waals surface area contributed by atoms with Crippen LogP contribution < -0.4 is 0 Å². The van der Waals surface area contributed by atoms with Gasteiger partial charge in [-0.3, -0.25) is 0 Å². The summed E-state index contributed by atoms with van der Waals surface area (Å²) < 4.78 is 2.31. The lowest BCUT2D eigenvalue weighted by Gasteiger charge is -2.12. The van der Waals surface area contributed by atoms with Crippen molar-refractivity contribution < 1.29 is 9.90 Å². The van der Waals surface area contributed by atoms with E-state index >= 15 is 0 Å². The summed E-state index contributed by atoms with van der Waals surface area (Å²) in [4.78, 5) is 21.3. The van der Waals surface area contributed by atoms with Crippen LogP contribution in [-0.4, -0.2) is 25.6 Å². The molecule has 0 saturated heterocycles. The summed E-state index contributed by atoms with van der Waals surface area (Å²) >= 11 is 3.27.